The molecular formula is C18H18N4O2S. The Morgan fingerprint density at radius 3 is 2.52 bits per heavy atom. The van der Waals surface area contributed by atoms with Crippen LogP contribution in [0.3, 0.4) is 0 Å². The first kappa shape index (κ1) is 17.0. The first-order valence-electron chi connectivity index (χ1n) is 7.90. The van der Waals surface area contributed by atoms with Gasteiger partial charge in [-0.3, -0.25) is 9.59 Å². The maximum Gasteiger partial charge on any atom is 0.280 e. The molecular weight excluding hydrogens is 336 g/mol. The van der Waals surface area contributed by atoms with E-state index in [0.29, 0.717) is 16.4 Å². The number of rotatable bonds is 4. The van der Waals surface area contributed by atoms with Crippen LogP contribution >= 0.6 is 11.3 Å². The molecule has 1 aromatic carbocycles. The van der Waals surface area contributed by atoms with Crippen molar-refractivity contribution < 1.29 is 4.79 Å². The van der Waals surface area contributed by atoms with Crippen molar-refractivity contribution in [2.45, 2.75) is 19.9 Å². The van der Waals surface area contributed by atoms with Crippen molar-refractivity contribution in [3.8, 4) is 21.8 Å². The van der Waals surface area contributed by atoms with Crippen LogP contribution in [0.15, 0.2) is 47.3 Å². The predicted molar refractivity (Wildman–Crippen MR) is 98.8 cm³/mol. The molecule has 6 nitrogen and oxygen atoms in total. The van der Waals surface area contributed by atoms with E-state index in [1.807, 2.05) is 44.2 Å². The zero-order valence-electron chi connectivity index (χ0n) is 14.2. The van der Waals surface area contributed by atoms with Gasteiger partial charge in [0.25, 0.3) is 11.5 Å². The van der Waals surface area contributed by atoms with Crippen molar-refractivity contribution in [2.24, 2.45) is 0 Å². The van der Waals surface area contributed by atoms with Gasteiger partial charge in [-0.05, 0) is 19.9 Å². The Kier molecular flexibility index (Phi) is 4.76. The first-order valence-corrected chi connectivity index (χ1v) is 8.71. The van der Waals surface area contributed by atoms with Gasteiger partial charge in [-0.25, -0.2) is 9.67 Å². The Bertz CT molecular complexity index is 961. The van der Waals surface area contributed by atoms with E-state index >= 15 is 0 Å². The molecule has 2 heterocycles. The number of hydrogen-bond acceptors (Lipinski definition) is 5. The van der Waals surface area contributed by atoms with Crippen LogP contribution in [0.1, 0.15) is 29.7 Å². The summed E-state index contributed by atoms with van der Waals surface area (Å²) < 4.78 is 1.43. The molecule has 0 atom stereocenters. The standard InChI is InChI=1S/C18H18N4O2S/c1-11(2)22-14(23)10-9-13(21-22)16-15(12-7-5-4-6-8-12)20-18(25-16)17(24)19-3/h4-11H,1-3H3,(H,19,24). The minimum atomic E-state index is -0.245. The van der Waals surface area contributed by atoms with Gasteiger partial charge < -0.3 is 5.32 Å². The highest BCUT2D eigenvalue weighted by Crippen LogP contribution is 2.35. The molecule has 1 amide bonds. The van der Waals surface area contributed by atoms with Crippen LogP contribution in [0.25, 0.3) is 21.8 Å². The molecule has 0 saturated carbocycles. The van der Waals surface area contributed by atoms with E-state index in [1.54, 1.807) is 13.1 Å². The number of aromatic nitrogens is 3. The third kappa shape index (κ3) is 3.36. The van der Waals surface area contributed by atoms with E-state index < -0.39 is 0 Å². The summed E-state index contributed by atoms with van der Waals surface area (Å²) in [7, 11) is 1.57. The number of nitrogens with zero attached hydrogens (tertiary/aromatic N) is 3. The fraction of sp³-hybridized carbons (Fsp3) is 0.222. The second-order valence-electron chi connectivity index (χ2n) is 5.74. The lowest BCUT2D eigenvalue weighted by Crippen LogP contribution is -2.23. The summed E-state index contributed by atoms with van der Waals surface area (Å²) in [6, 6.07) is 12.7. The molecule has 2 aromatic heterocycles. The molecule has 0 aliphatic heterocycles. The van der Waals surface area contributed by atoms with Crippen LogP contribution in [0, 0.1) is 0 Å². The fourth-order valence-electron chi connectivity index (χ4n) is 2.41. The molecule has 0 aliphatic carbocycles. The third-order valence-electron chi connectivity index (χ3n) is 3.64. The Morgan fingerprint density at radius 2 is 1.88 bits per heavy atom. The molecule has 0 fully saturated rings. The fourth-order valence-corrected chi connectivity index (χ4v) is 3.40. The summed E-state index contributed by atoms with van der Waals surface area (Å²) in [4.78, 5) is 29.3. The van der Waals surface area contributed by atoms with Gasteiger partial charge in [0, 0.05) is 18.7 Å². The number of carbonyl (C=O) groups excluding carboxylic acids is 1. The zero-order valence-corrected chi connectivity index (χ0v) is 15.0. The van der Waals surface area contributed by atoms with E-state index in [2.05, 4.69) is 15.4 Å². The minimum Gasteiger partial charge on any atom is -0.353 e. The Balaban J connectivity index is 2.21. The molecule has 3 rings (SSSR count). The molecule has 0 unspecified atom stereocenters. The van der Waals surface area contributed by atoms with Crippen molar-refractivity contribution in [2.75, 3.05) is 7.05 Å². The number of amides is 1. The Labute approximate surface area is 149 Å². The lowest BCUT2D eigenvalue weighted by atomic mass is 10.1. The molecule has 3 aromatic rings. The average Bonchev–Trinajstić information content (AvgIpc) is 3.07. The van der Waals surface area contributed by atoms with Crippen LogP contribution in [-0.4, -0.2) is 27.7 Å². The van der Waals surface area contributed by atoms with Crippen molar-refractivity contribution in [3.05, 3.63) is 57.8 Å². The van der Waals surface area contributed by atoms with Crippen LogP contribution < -0.4 is 10.9 Å². The summed E-state index contributed by atoms with van der Waals surface area (Å²) in [6.45, 7) is 3.80. The predicted octanol–water partition coefficient (Wildman–Crippen LogP) is 2.97. The number of carbonyl (C=O) groups is 1. The highest BCUT2D eigenvalue weighted by atomic mass is 32.1. The van der Waals surface area contributed by atoms with Crippen molar-refractivity contribution in [1.29, 1.82) is 0 Å². The molecule has 0 saturated heterocycles. The second kappa shape index (κ2) is 6.98. The summed E-state index contributed by atoms with van der Waals surface area (Å²) in [5, 5.41) is 7.43. The van der Waals surface area contributed by atoms with Gasteiger partial charge in [0.2, 0.25) is 0 Å². The highest BCUT2D eigenvalue weighted by Gasteiger charge is 2.20. The van der Waals surface area contributed by atoms with E-state index in [1.165, 1.54) is 22.1 Å². The second-order valence-corrected chi connectivity index (χ2v) is 6.74. The van der Waals surface area contributed by atoms with Gasteiger partial charge in [0.1, 0.15) is 5.69 Å². The highest BCUT2D eigenvalue weighted by molar-refractivity contribution is 7.17. The molecule has 7 heteroatoms. The van der Waals surface area contributed by atoms with Crippen LogP contribution in [0.4, 0.5) is 0 Å². The molecule has 0 radical (unpaired) electrons. The first-order chi connectivity index (χ1) is 12.0. The van der Waals surface area contributed by atoms with Crippen molar-refractivity contribution >= 4 is 17.2 Å². The lowest BCUT2D eigenvalue weighted by molar-refractivity contribution is 0.0963. The van der Waals surface area contributed by atoms with Crippen LogP contribution in [-0.2, 0) is 0 Å². The van der Waals surface area contributed by atoms with Gasteiger partial charge in [-0.1, -0.05) is 30.3 Å². The van der Waals surface area contributed by atoms with Crippen LogP contribution in [0.2, 0.25) is 0 Å². The topological polar surface area (TPSA) is 76.9 Å². The number of benzene rings is 1. The molecule has 0 aliphatic rings. The maximum absolute atomic E-state index is 12.0. The molecule has 25 heavy (non-hydrogen) atoms. The SMILES string of the molecule is CNC(=O)c1nc(-c2ccccc2)c(-c2ccc(=O)n(C(C)C)n2)s1. The Hall–Kier alpha value is -2.80. The quantitative estimate of drug-likeness (QED) is 0.781. The van der Waals surface area contributed by atoms with Crippen molar-refractivity contribution in [1.82, 2.24) is 20.1 Å². The van der Waals surface area contributed by atoms with Crippen molar-refractivity contribution in [3.63, 3.8) is 0 Å². The van der Waals surface area contributed by atoms with E-state index in [-0.39, 0.29) is 17.5 Å². The molecule has 128 valence electrons. The molecule has 0 bridgehead atoms. The maximum atomic E-state index is 12.0. The summed E-state index contributed by atoms with van der Waals surface area (Å²) in [6.07, 6.45) is 0. The van der Waals surface area contributed by atoms with Gasteiger partial charge in [-0.15, -0.1) is 11.3 Å². The van der Waals surface area contributed by atoms with Gasteiger partial charge in [0.05, 0.1) is 16.6 Å². The summed E-state index contributed by atoms with van der Waals surface area (Å²) in [5.74, 6) is -0.245. The van der Waals surface area contributed by atoms with Gasteiger partial charge in [0.15, 0.2) is 5.01 Å². The largest absolute Gasteiger partial charge is 0.353 e. The Morgan fingerprint density at radius 1 is 1.16 bits per heavy atom. The van der Waals surface area contributed by atoms with E-state index in [0.717, 1.165) is 10.4 Å². The summed E-state index contributed by atoms with van der Waals surface area (Å²) >= 11 is 1.27. The lowest BCUT2D eigenvalue weighted by Gasteiger charge is -2.09. The van der Waals surface area contributed by atoms with E-state index in [9.17, 15) is 9.59 Å². The third-order valence-corrected chi connectivity index (χ3v) is 4.72. The number of thiazole rings is 1. The van der Waals surface area contributed by atoms with Gasteiger partial charge in [-0.2, -0.15) is 5.10 Å². The molecule has 0 spiro atoms. The monoisotopic (exact) mass is 354 g/mol. The average molecular weight is 354 g/mol. The molecule has 1 N–H and O–H groups in total. The minimum absolute atomic E-state index is 0.0565. The number of nitrogens with one attached hydrogen (secondary N) is 1. The smallest absolute Gasteiger partial charge is 0.280 e. The normalized spacial score (nSPS) is 10.9. The zero-order chi connectivity index (χ0) is 18.0. The number of hydrogen-bond donors (Lipinski definition) is 1. The van der Waals surface area contributed by atoms with E-state index in [4.69, 9.17) is 0 Å². The van der Waals surface area contributed by atoms with Crippen LogP contribution in [0.5, 0.6) is 0 Å². The van der Waals surface area contributed by atoms with Gasteiger partial charge >= 0.3 is 0 Å². The summed E-state index contributed by atoms with van der Waals surface area (Å²) in [5.41, 5.74) is 2.05.